The molecule has 1 atom stereocenters. The van der Waals surface area contributed by atoms with Gasteiger partial charge in [-0.1, -0.05) is 17.7 Å². The molecule has 2 aliphatic heterocycles. The lowest BCUT2D eigenvalue weighted by Crippen LogP contribution is -2.54. The lowest BCUT2D eigenvalue weighted by Gasteiger charge is -2.29. The second kappa shape index (κ2) is 8.65. The molecule has 2 heterocycles. The van der Waals surface area contributed by atoms with Crippen LogP contribution in [0.25, 0.3) is 0 Å². The molecule has 2 aliphatic rings. The SMILES string of the molecule is Cc1cccc(C(=O)N2CCN(C(=O)c3ccc4c(c3)OCO4)C2C(=O)NCCN)c1. The third-order valence-corrected chi connectivity index (χ3v) is 5.26. The first kappa shape index (κ1) is 20.7. The summed E-state index contributed by atoms with van der Waals surface area (Å²) in [6.07, 6.45) is -1.07. The summed E-state index contributed by atoms with van der Waals surface area (Å²) in [5.74, 6) is -0.0882. The Bertz CT molecular complexity index is 1020. The molecule has 9 nitrogen and oxygen atoms in total. The summed E-state index contributed by atoms with van der Waals surface area (Å²) in [5.41, 5.74) is 7.27. The predicted molar refractivity (Wildman–Crippen MR) is 112 cm³/mol. The average Bonchev–Trinajstić information content (AvgIpc) is 3.43. The van der Waals surface area contributed by atoms with Crippen LogP contribution in [-0.2, 0) is 4.79 Å². The number of fused-ring (bicyclic) bond motifs is 1. The van der Waals surface area contributed by atoms with E-state index in [9.17, 15) is 14.4 Å². The van der Waals surface area contributed by atoms with Crippen LogP contribution in [-0.4, -0.2) is 66.7 Å². The third-order valence-electron chi connectivity index (χ3n) is 5.26. The molecular weight excluding hydrogens is 400 g/mol. The van der Waals surface area contributed by atoms with Gasteiger partial charge in [0.1, 0.15) is 0 Å². The van der Waals surface area contributed by atoms with Crippen molar-refractivity contribution in [3.05, 3.63) is 59.2 Å². The van der Waals surface area contributed by atoms with Crippen molar-refractivity contribution in [1.82, 2.24) is 15.1 Å². The second-order valence-corrected chi connectivity index (χ2v) is 7.39. The van der Waals surface area contributed by atoms with E-state index in [4.69, 9.17) is 15.2 Å². The van der Waals surface area contributed by atoms with Crippen molar-refractivity contribution in [3.8, 4) is 11.5 Å². The largest absolute Gasteiger partial charge is 0.454 e. The van der Waals surface area contributed by atoms with E-state index in [1.165, 1.54) is 9.80 Å². The van der Waals surface area contributed by atoms with Crippen molar-refractivity contribution in [1.29, 1.82) is 0 Å². The highest BCUT2D eigenvalue weighted by Gasteiger charge is 2.43. The Labute approximate surface area is 179 Å². The molecule has 1 saturated heterocycles. The van der Waals surface area contributed by atoms with Crippen LogP contribution in [0.4, 0.5) is 0 Å². The highest BCUT2D eigenvalue weighted by atomic mass is 16.7. The molecule has 1 fully saturated rings. The van der Waals surface area contributed by atoms with Crippen LogP contribution in [0, 0.1) is 6.92 Å². The molecule has 0 bridgehead atoms. The summed E-state index contributed by atoms with van der Waals surface area (Å²) < 4.78 is 10.7. The number of carbonyl (C=O) groups excluding carboxylic acids is 3. The van der Waals surface area contributed by atoms with E-state index >= 15 is 0 Å². The molecule has 0 spiro atoms. The summed E-state index contributed by atoms with van der Waals surface area (Å²) in [6.45, 7) is 2.95. The molecule has 0 saturated carbocycles. The molecular formula is C22H24N4O5. The molecule has 31 heavy (non-hydrogen) atoms. The Morgan fingerprint density at radius 3 is 2.35 bits per heavy atom. The van der Waals surface area contributed by atoms with Crippen LogP contribution in [0.5, 0.6) is 11.5 Å². The van der Waals surface area contributed by atoms with E-state index in [0.29, 0.717) is 22.6 Å². The van der Waals surface area contributed by atoms with Crippen LogP contribution in [0.2, 0.25) is 0 Å². The van der Waals surface area contributed by atoms with E-state index in [1.807, 2.05) is 13.0 Å². The Morgan fingerprint density at radius 2 is 1.68 bits per heavy atom. The monoisotopic (exact) mass is 424 g/mol. The molecule has 4 rings (SSSR count). The number of amides is 3. The number of aryl methyl sites for hydroxylation is 1. The van der Waals surface area contributed by atoms with Crippen LogP contribution >= 0.6 is 0 Å². The average molecular weight is 424 g/mol. The minimum Gasteiger partial charge on any atom is -0.454 e. The number of benzene rings is 2. The minimum atomic E-state index is -1.07. The molecule has 1 unspecified atom stereocenters. The highest BCUT2D eigenvalue weighted by Crippen LogP contribution is 2.33. The van der Waals surface area contributed by atoms with Gasteiger partial charge in [-0.2, -0.15) is 0 Å². The maximum atomic E-state index is 13.3. The van der Waals surface area contributed by atoms with Gasteiger partial charge in [-0.05, 0) is 37.3 Å². The molecule has 2 aromatic rings. The van der Waals surface area contributed by atoms with Gasteiger partial charge in [0.2, 0.25) is 6.79 Å². The number of carbonyl (C=O) groups is 3. The molecule has 2 aromatic carbocycles. The Balaban J connectivity index is 1.62. The van der Waals surface area contributed by atoms with Gasteiger partial charge in [-0.25, -0.2) is 0 Å². The molecule has 0 aliphatic carbocycles. The number of hydrogen-bond acceptors (Lipinski definition) is 6. The molecule has 9 heteroatoms. The lowest BCUT2D eigenvalue weighted by atomic mass is 10.1. The van der Waals surface area contributed by atoms with Crippen molar-refractivity contribution >= 4 is 17.7 Å². The standard InChI is InChI=1S/C22H24N4O5/c1-14-3-2-4-15(11-14)21(28)25-9-10-26(20(25)19(27)24-8-7-23)22(29)16-5-6-17-18(12-16)31-13-30-17/h2-6,11-12,20H,7-10,13,23H2,1H3,(H,24,27). The fraction of sp³-hybridized carbons (Fsp3) is 0.318. The fourth-order valence-electron chi connectivity index (χ4n) is 3.76. The van der Waals surface area contributed by atoms with E-state index in [-0.39, 0.29) is 44.8 Å². The van der Waals surface area contributed by atoms with Crippen molar-refractivity contribution < 1.29 is 23.9 Å². The van der Waals surface area contributed by atoms with Gasteiger partial charge in [0.05, 0.1) is 0 Å². The zero-order valence-corrected chi connectivity index (χ0v) is 17.2. The maximum absolute atomic E-state index is 13.3. The first-order valence-corrected chi connectivity index (χ1v) is 10.1. The molecule has 3 amide bonds. The second-order valence-electron chi connectivity index (χ2n) is 7.39. The summed E-state index contributed by atoms with van der Waals surface area (Å²) in [6, 6.07) is 12.0. The summed E-state index contributed by atoms with van der Waals surface area (Å²) in [4.78, 5) is 42.2. The Morgan fingerprint density at radius 1 is 1.00 bits per heavy atom. The van der Waals surface area contributed by atoms with E-state index in [1.54, 1.807) is 36.4 Å². The van der Waals surface area contributed by atoms with Crippen molar-refractivity contribution in [2.24, 2.45) is 5.73 Å². The lowest BCUT2D eigenvalue weighted by molar-refractivity contribution is -0.128. The van der Waals surface area contributed by atoms with Gasteiger partial charge in [0.25, 0.3) is 17.7 Å². The van der Waals surface area contributed by atoms with Crippen LogP contribution in [0.15, 0.2) is 42.5 Å². The van der Waals surface area contributed by atoms with Crippen LogP contribution in [0.1, 0.15) is 26.3 Å². The molecule has 3 N–H and O–H groups in total. The third kappa shape index (κ3) is 4.04. The number of hydrogen-bond donors (Lipinski definition) is 2. The quantitative estimate of drug-likeness (QED) is 0.731. The number of ether oxygens (including phenoxy) is 2. The van der Waals surface area contributed by atoms with Crippen molar-refractivity contribution in [2.45, 2.75) is 13.1 Å². The number of nitrogens with two attached hydrogens (primary N) is 1. The topological polar surface area (TPSA) is 114 Å². The zero-order chi connectivity index (χ0) is 22.0. The first-order valence-electron chi connectivity index (χ1n) is 10.1. The van der Waals surface area contributed by atoms with Gasteiger partial charge in [0.15, 0.2) is 17.7 Å². The Hall–Kier alpha value is -3.59. The van der Waals surface area contributed by atoms with Gasteiger partial charge in [0, 0.05) is 37.3 Å². The van der Waals surface area contributed by atoms with Crippen LogP contribution in [0.3, 0.4) is 0 Å². The molecule has 0 radical (unpaired) electrons. The maximum Gasteiger partial charge on any atom is 0.263 e. The van der Waals surface area contributed by atoms with Crippen molar-refractivity contribution in [3.63, 3.8) is 0 Å². The predicted octanol–water partition coefficient (Wildman–Crippen LogP) is 0.723. The van der Waals surface area contributed by atoms with Crippen LogP contribution < -0.4 is 20.5 Å². The van der Waals surface area contributed by atoms with E-state index in [0.717, 1.165) is 5.56 Å². The van der Waals surface area contributed by atoms with Gasteiger partial charge < -0.3 is 30.3 Å². The fourth-order valence-corrected chi connectivity index (χ4v) is 3.76. The molecule has 0 aromatic heterocycles. The summed E-state index contributed by atoms with van der Waals surface area (Å²) in [7, 11) is 0. The van der Waals surface area contributed by atoms with E-state index in [2.05, 4.69) is 5.32 Å². The van der Waals surface area contributed by atoms with Gasteiger partial charge >= 0.3 is 0 Å². The normalized spacial score (nSPS) is 17.0. The summed E-state index contributed by atoms with van der Waals surface area (Å²) >= 11 is 0. The zero-order valence-electron chi connectivity index (χ0n) is 17.2. The molecule has 162 valence electrons. The smallest absolute Gasteiger partial charge is 0.263 e. The first-order chi connectivity index (χ1) is 15.0. The minimum absolute atomic E-state index is 0.0968. The Kier molecular flexibility index (Phi) is 5.77. The van der Waals surface area contributed by atoms with Gasteiger partial charge in [-0.3, -0.25) is 14.4 Å². The number of nitrogens with zero attached hydrogens (tertiary/aromatic N) is 2. The number of rotatable bonds is 5. The van der Waals surface area contributed by atoms with E-state index < -0.39 is 12.1 Å². The van der Waals surface area contributed by atoms with Gasteiger partial charge in [-0.15, -0.1) is 0 Å². The highest BCUT2D eigenvalue weighted by molar-refractivity contribution is 6.02. The summed E-state index contributed by atoms with van der Waals surface area (Å²) in [5, 5.41) is 2.70. The number of nitrogens with one attached hydrogen (secondary N) is 1. The van der Waals surface area contributed by atoms with Crippen molar-refractivity contribution in [2.75, 3.05) is 33.0 Å².